The van der Waals surface area contributed by atoms with E-state index in [1.54, 1.807) is 11.6 Å². The summed E-state index contributed by atoms with van der Waals surface area (Å²) in [7, 11) is 0. The summed E-state index contributed by atoms with van der Waals surface area (Å²) in [6, 6.07) is 20.0. The first-order chi connectivity index (χ1) is 16.4. The molecular formula is C24H18FN5O4. The molecule has 3 aromatic carbocycles. The highest BCUT2D eigenvalue weighted by Gasteiger charge is 2.18. The first-order valence-corrected chi connectivity index (χ1v) is 10.1. The maximum absolute atomic E-state index is 13.3. The number of hydrogen-bond donors (Lipinski definition) is 1. The number of aryl methyl sites for hydroxylation is 1. The Morgan fingerprint density at radius 1 is 1.09 bits per heavy atom. The lowest BCUT2D eigenvalue weighted by Gasteiger charge is -2.10. The Hall–Kier alpha value is -4.86. The first-order valence-electron chi connectivity index (χ1n) is 10.1. The topological polar surface area (TPSA) is 112 Å². The number of hydrazone groups is 1. The molecule has 0 spiro atoms. The Kier molecular flexibility index (Phi) is 6.40. The fourth-order valence-corrected chi connectivity index (χ4v) is 3.08. The number of non-ortho nitro benzene ring substituents is 1. The van der Waals surface area contributed by atoms with E-state index >= 15 is 0 Å². The Morgan fingerprint density at radius 3 is 2.41 bits per heavy atom. The number of aromatic nitrogens is 2. The molecule has 0 aliphatic heterocycles. The van der Waals surface area contributed by atoms with Crippen LogP contribution in [0.2, 0.25) is 0 Å². The summed E-state index contributed by atoms with van der Waals surface area (Å²) in [6.07, 6.45) is 1.39. The van der Waals surface area contributed by atoms with Gasteiger partial charge in [-0.05, 0) is 55.5 Å². The molecule has 34 heavy (non-hydrogen) atoms. The van der Waals surface area contributed by atoms with Gasteiger partial charge in [-0.25, -0.2) is 9.82 Å². The number of nitro benzene ring substituents is 1. The third-order valence-corrected chi connectivity index (χ3v) is 4.79. The molecule has 1 heterocycles. The van der Waals surface area contributed by atoms with Gasteiger partial charge in [0, 0.05) is 17.7 Å². The largest absolute Gasteiger partial charge is 0.438 e. The summed E-state index contributed by atoms with van der Waals surface area (Å²) in [5.74, 6) is -0.220. The van der Waals surface area contributed by atoms with Crippen molar-refractivity contribution >= 4 is 17.8 Å². The van der Waals surface area contributed by atoms with Crippen LogP contribution in [-0.4, -0.2) is 26.8 Å². The van der Waals surface area contributed by atoms with E-state index in [-0.39, 0.29) is 11.3 Å². The maximum atomic E-state index is 13.3. The molecule has 0 atom stereocenters. The number of hydrogen-bond acceptors (Lipinski definition) is 6. The Bertz CT molecular complexity index is 1350. The van der Waals surface area contributed by atoms with Gasteiger partial charge in [-0.1, -0.05) is 18.2 Å². The van der Waals surface area contributed by atoms with E-state index in [0.29, 0.717) is 22.9 Å². The van der Waals surface area contributed by atoms with Crippen molar-refractivity contribution in [2.75, 3.05) is 0 Å². The van der Waals surface area contributed by atoms with Crippen molar-refractivity contribution in [3.05, 3.63) is 112 Å². The monoisotopic (exact) mass is 459 g/mol. The van der Waals surface area contributed by atoms with Crippen molar-refractivity contribution in [1.29, 1.82) is 0 Å². The lowest BCUT2D eigenvalue weighted by Crippen LogP contribution is -2.17. The zero-order valence-electron chi connectivity index (χ0n) is 17.9. The molecule has 1 N–H and O–H groups in total. The molecule has 0 aliphatic rings. The molecule has 0 saturated carbocycles. The number of ether oxygens (including phenoxy) is 1. The standard InChI is InChI=1S/C24H18FN5O4/c1-16-22(15-26-27-23(31)17-7-11-20(12-8-17)30(32)33)24(34-21-13-9-18(25)10-14-21)29(28-16)19-5-3-2-4-6-19/h2-15H,1H3,(H,27,31)/b26-15+. The van der Waals surface area contributed by atoms with Gasteiger partial charge < -0.3 is 4.74 Å². The maximum Gasteiger partial charge on any atom is 0.271 e. The molecule has 0 unspecified atom stereocenters. The molecule has 170 valence electrons. The Labute approximate surface area is 193 Å². The van der Waals surface area contributed by atoms with Crippen LogP contribution in [0.3, 0.4) is 0 Å². The van der Waals surface area contributed by atoms with Gasteiger partial charge in [-0.3, -0.25) is 14.9 Å². The van der Waals surface area contributed by atoms with E-state index in [1.807, 2.05) is 30.3 Å². The summed E-state index contributed by atoms with van der Waals surface area (Å²) in [5.41, 5.74) is 4.29. The second kappa shape index (κ2) is 9.74. The molecule has 1 aromatic heterocycles. The highest BCUT2D eigenvalue weighted by molar-refractivity contribution is 5.95. The van der Waals surface area contributed by atoms with Crippen molar-refractivity contribution in [3.63, 3.8) is 0 Å². The molecule has 9 nitrogen and oxygen atoms in total. The number of carbonyl (C=O) groups excluding carboxylic acids is 1. The van der Waals surface area contributed by atoms with Crippen molar-refractivity contribution in [2.24, 2.45) is 5.10 Å². The average molecular weight is 459 g/mol. The smallest absolute Gasteiger partial charge is 0.271 e. The number of nitro groups is 1. The van der Waals surface area contributed by atoms with E-state index in [9.17, 15) is 19.3 Å². The molecule has 1 amide bonds. The van der Waals surface area contributed by atoms with Crippen LogP contribution < -0.4 is 10.2 Å². The summed E-state index contributed by atoms with van der Waals surface area (Å²) in [6.45, 7) is 1.76. The molecule has 0 bridgehead atoms. The normalized spacial score (nSPS) is 10.9. The number of halogens is 1. The molecular weight excluding hydrogens is 441 g/mol. The molecule has 0 saturated heterocycles. The fourth-order valence-electron chi connectivity index (χ4n) is 3.08. The second-order valence-electron chi connectivity index (χ2n) is 7.11. The number of amides is 1. The number of carbonyl (C=O) groups is 1. The predicted molar refractivity (Wildman–Crippen MR) is 123 cm³/mol. The lowest BCUT2D eigenvalue weighted by molar-refractivity contribution is -0.384. The Morgan fingerprint density at radius 2 is 1.76 bits per heavy atom. The molecule has 0 radical (unpaired) electrons. The highest BCUT2D eigenvalue weighted by atomic mass is 19.1. The molecule has 4 rings (SSSR count). The Balaban J connectivity index is 1.61. The van der Waals surface area contributed by atoms with Crippen LogP contribution in [0.25, 0.3) is 5.69 Å². The van der Waals surface area contributed by atoms with Gasteiger partial charge in [0.1, 0.15) is 11.6 Å². The van der Waals surface area contributed by atoms with Crippen LogP contribution in [0.4, 0.5) is 10.1 Å². The van der Waals surface area contributed by atoms with Gasteiger partial charge in [-0.2, -0.15) is 14.9 Å². The van der Waals surface area contributed by atoms with Crippen LogP contribution in [0, 0.1) is 22.9 Å². The van der Waals surface area contributed by atoms with Gasteiger partial charge in [0.25, 0.3) is 11.6 Å². The third kappa shape index (κ3) is 4.96. The molecule has 4 aromatic rings. The van der Waals surface area contributed by atoms with Crippen molar-refractivity contribution < 1.29 is 18.8 Å². The summed E-state index contributed by atoms with van der Waals surface area (Å²) in [4.78, 5) is 22.6. The highest BCUT2D eigenvalue weighted by Crippen LogP contribution is 2.29. The van der Waals surface area contributed by atoms with E-state index < -0.39 is 16.6 Å². The van der Waals surface area contributed by atoms with E-state index in [4.69, 9.17) is 4.74 Å². The molecule has 0 aliphatic carbocycles. The number of nitrogens with one attached hydrogen (secondary N) is 1. The van der Waals surface area contributed by atoms with Gasteiger partial charge in [-0.15, -0.1) is 0 Å². The fraction of sp³-hybridized carbons (Fsp3) is 0.0417. The number of para-hydroxylation sites is 1. The number of nitrogens with zero attached hydrogens (tertiary/aromatic N) is 4. The van der Waals surface area contributed by atoms with Crippen LogP contribution >= 0.6 is 0 Å². The molecule has 10 heteroatoms. The number of benzene rings is 3. The zero-order valence-corrected chi connectivity index (χ0v) is 17.9. The minimum absolute atomic E-state index is 0.119. The lowest BCUT2D eigenvalue weighted by atomic mass is 10.2. The van der Waals surface area contributed by atoms with Crippen LogP contribution in [0.1, 0.15) is 21.6 Å². The van der Waals surface area contributed by atoms with Crippen LogP contribution in [0.5, 0.6) is 11.6 Å². The predicted octanol–water partition coefficient (Wildman–Crippen LogP) is 4.78. The van der Waals surface area contributed by atoms with E-state index in [2.05, 4.69) is 15.6 Å². The van der Waals surface area contributed by atoms with Crippen molar-refractivity contribution in [1.82, 2.24) is 15.2 Å². The SMILES string of the molecule is Cc1nn(-c2ccccc2)c(Oc2ccc(F)cc2)c1/C=N/NC(=O)c1ccc([N+](=O)[O-])cc1. The van der Waals surface area contributed by atoms with Crippen LogP contribution in [-0.2, 0) is 0 Å². The van der Waals surface area contributed by atoms with Gasteiger partial charge >= 0.3 is 0 Å². The van der Waals surface area contributed by atoms with Gasteiger partial charge in [0.2, 0.25) is 5.88 Å². The van der Waals surface area contributed by atoms with Crippen molar-refractivity contribution in [3.8, 4) is 17.3 Å². The minimum Gasteiger partial charge on any atom is -0.438 e. The quantitative estimate of drug-likeness (QED) is 0.243. The van der Waals surface area contributed by atoms with Crippen molar-refractivity contribution in [2.45, 2.75) is 6.92 Å². The van der Waals surface area contributed by atoms with Crippen LogP contribution in [0.15, 0.2) is 84.0 Å². The zero-order chi connectivity index (χ0) is 24.1. The van der Waals surface area contributed by atoms with E-state index in [1.165, 1.54) is 54.7 Å². The first kappa shape index (κ1) is 22.3. The van der Waals surface area contributed by atoms with Gasteiger partial charge in [0.15, 0.2) is 0 Å². The number of rotatable bonds is 7. The summed E-state index contributed by atoms with van der Waals surface area (Å²) < 4.78 is 20.9. The second-order valence-corrected chi connectivity index (χ2v) is 7.11. The summed E-state index contributed by atoms with van der Waals surface area (Å²) >= 11 is 0. The van der Waals surface area contributed by atoms with Gasteiger partial charge in [0.05, 0.1) is 28.1 Å². The third-order valence-electron chi connectivity index (χ3n) is 4.79. The average Bonchev–Trinajstić information content (AvgIpc) is 3.16. The molecule has 0 fully saturated rings. The summed E-state index contributed by atoms with van der Waals surface area (Å²) in [5, 5.41) is 19.3. The minimum atomic E-state index is -0.546. The van der Waals surface area contributed by atoms with E-state index in [0.717, 1.165) is 5.69 Å².